The fourth-order valence-electron chi connectivity index (χ4n) is 0.986. The first-order valence-corrected chi connectivity index (χ1v) is 4.09. The van der Waals surface area contributed by atoms with Crippen molar-refractivity contribution in [1.29, 1.82) is 0 Å². The number of hydrogen-bond donors (Lipinski definition) is 0. The molecular weight excluding hydrogens is 144 g/mol. The van der Waals surface area contributed by atoms with Crippen molar-refractivity contribution in [2.24, 2.45) is 0 Å². The average molecular weight is 150 g/mol. The van der Waals surface area contributed by atoms with Crippen LogP contribution in [-0.2, 0) is 5.54 Å². The first kappa shape index (κ1) is 5.87. The Morgan fingerprint density at radius 1 is 1.70 bits per heavy atom. The van der Waals surface area contributed by atoms with Crippen LogP contribution in [0.4, 0.5) is 0 Å². The second-order valence-corrected chi connectivity index (χ2v) is 3.24. The van der Waals surface area contributed by atoms with Gasteiger partial charge in [0.25, 0.3) is 5.54 Å². The maximum atomic E-state index is 6.93. The van der Waals surface area contributed by atoms with Gasteiger partial charge in [0.05, 0.1) is 5.51 Å². The summed E-state index contributed by atoms with van der Waals surface area (Å²) in [7, 11) is 0. The van der Waals surface area contributed by atoms with Crippen molar-refractivity contribution < 1.29 is 0 Å². The van der Waals surface area contributed by atoms with Crippen molar-refractivity contribution in [2.45, 2.75) is 18.4 Å². The molecule has 1 heterocycles. The minimum Gasteiger partial charge on any atom is -0.303 e. The third-order valence-corrected chi connectivity index (χ3v) is 2.43. The topological polar surface area (TPSA) is 17.2 Å². The largest absolute Gasteiger partial charge is 0.303 e. The van der Waals surface area contributed by atoms with Crippen LogP contribution in [0.15, 0.2) is 10.9 Å². The van der Waals surface area contributed by atoms with Crippen LogP contribution in [0.2, 0.25) is 0 Å². The van der Waals surface area contributed by atoms with Gasteiger partial charge in [-0.3, -0.25) is 0 Å². The van der Waals surface area contributed by atoms with Gasteiger partial charge >= 0.3 is 0 Å². The highest BCUT2D eigenvalue weighted by atomic mass is 32.1. The molecule has 10 heavy (non-hydrogen) atoms. The summed E-state index contributed by atoms with van der Waals surface area (Å²) in [6.07, 6.45) is 2.00. The molecule has 0 aromatic carbocycles. The Balaban J connectivity index is 2.38. The SMILES string of the molecule is [C-]#[N+]C1(c2cscn2)CC1. The molecule has 0 bridgehead atoms. The van der Waals surface area contributed by atoms with Crippen LogP contribution in [0.1, 0.15) is 18.5 Å². The summed E-state index contributed by atoms with van der Waals surface area (Å²) >= 11 is 1.57. The predicted octanol–water partition coefficient (Wildman–Crippen LogP) is 2.05. The molecule has 1 fully saturated rings. The van der Waals surface area contributed by atoms with Crippen molar-refractivity contribution in [3.8, 4) is 0 Å². The summed E-state index contributed by atoms with van der Waals surface area (Å²) in [6.45, 7) is 6.93. The molecule has 0 radical (unpaired) electrons. The molecule has 2 nitrogen and oxygen atoms in total. The van der Waals surface area contributed by atoms with Crippen molar-refractivity contribution >= 4 is 11.3 Å². The molecule has 0 N–H and O–H groups in total. The third kappa shape index (κ3) is 0.659. The van der Waals surface area contributed by atoms with E-state index in [9.17, 15) is 0 Å². The Labute approximate surface area is 63.3 Å². The van der Waals surface area contributed by atoms with Crippen LogP contribution in [-0.4, -0.2) is 4.98 Å². The normalized spacial score (nSPS) is 19.9. The van der Waals surface area contributed by atoms with Crippen LogP contribution in [0.25, 0.3) is 4.85 Å². The molecule has 1 aromatic rings. The zero-order chi connectivity index (χ0) is 7.03. The minimum atomic E-state index is -0.194. The van der Waals surface area contributed by atoms with Gasteiger partial charge in [-0.1, -0.05) is 0 Å². The molecule has 3 heteroatoms. The maximum Gasteiger partial charge on any atom is 0.275 e. The van der Waals surface area contributed by atoms with Crippen LogP contribution in [0.5, 0.6) is 0 Å². The third-order valence-electron chi connectivity index (χ3n) is 1.85. The van der Waals surface area contributed by atoms with E-state index in [4.69, 9.17) is 6.57 Å². The lowest BCUT2D eigenvalue weighted by atomic mass is 10.2. The average Bonchev–Trinajstić information content (AvgIpc) is 2.58. The van der Waals surface area contributed by atoms with Crippen molar-refractivity contribution in [2.75, 3.05) is 0 Å². The Hall–Kier alpha value is -0.880. The number of aromatic nitrogens is 1. The van der Waals surface area contributed by atoms with E-state index in [0.29, 0.717) is 0 Å². The highest BCUT2D eigenvalue weighted by Gasteiger charge is 2.54. The molecule has 1 aliphatic rings. The first-order chi connectivity index (χ1) is 4.87. The minimum absolute atomic E-state index is 0.194. The monoisotopic (exact) mass is 150 g/mol. The van der Waals surface area contributed by atoms with E-state index in [2.05, 4.69) is 9.83 Å². The lowest BCUT2D eigenvalue weighted by molar-refractivity contribution is 0.845. The van der Waals surface area contributed by atoms with Crippen molar-refractivity contribution in [3.05, 3.63) is 28.0 Å². The predicted molar refractivity (Wildman–Crippen MR) is 39.6 cm³/mol. The number of thiazole rings is 1. The maximum absolute atomic E-state index is 6.93. The number of hydrogen-bond acceptors (Lipinski definition) is 2. The standard InChI is InChI=1S/C7H6N2S/c1-8-7(2-3-7)6-4-10-5-9-6/h4-5H,2-3H2. The van der Waals surface area contributed by atoms with Crippen molar-refractivity contribution in [1.82, 2.24) is 4.98 Å². The van der Waals surface area contributed by atoms with Gasteiger partial charge < -0.3 is 4.85 Å². The summed E-state index contributed by atoms with van der Waals surface area (Å²) < 4.78 is 0. The quantitative estimate of drug-likeness (QED) is 0.560. The van der Waals surface area contributed by atoms with Crippen LogP contribution in [0.3, 0.4) is 0 Å². The first-order valence-electron chi connectivity index (χ1n) is 3.15. The van der Waals surface area contributed by atoms with E-state index in [1.807, 2.05) is 5.38 Å². The summed E-state index contributed by atoms with van der Waals surface area (Å²) in [5.74, 6) is 0. The zero-order valence-electron chi connectivity index (χ0n) is 5.37. The molecular formula is C7H6N2S. The van der Waals surface area contributed by atoms with E-state index in [0.717, 1.165) is 18.5 Å². The fourth-order valence-corrected chi connectivity index (χ4v) is 1.63. The number of rotatable bonds is 1. The lowest BCUT2D eigenvalue weighted by Gasteiger charge is -1.93. The zero-order valence-corrected chi connectivity index (χ0v) is 6.19. The van der Waals surface area contributed by atoms with Crippen molar-refractivity contribution in [3.63, 3.8) is 0 Å². The van der Waals surface area contributed by atoms with E-state index in [1.165, 1.54) is 0 Å². The Kier molecular flexibility index (Phi) is 1.06. The van der Waals surface area contributed by atoms with E-state index in [-0.39, 0.29) is 5.54 Å². The molecule has 0 amide bonds. The lowest BCUT2D eigenvalue weighted by Crippen LogP contribution is -1.98. The van der Waals surface area contributed by atoms with Crippen LogP contribution < -0.4 is 0 Å². The Bertz CT molecular complexity index is 266. The van der Waals surface area contributed by atoms with Crippen LogP contribution in [0, 0.1) is 6.57 Å². The summed E-state index contributed by atoms with van der Waals surface area (Å²) in [4.78, 5) is 7.69. The van der Waals surface area contributed by atoms with Gasteiger partial charge in [-0.2, -0.15) is 0 Å². The molecule has 0 spiro atoms. The second-order valence-electron chi connectivity index (χ2n) is 2.52. The second kappa shape index (κ2) is 1.80. The molecule has 0 unspecified atom stereocenters. The summed E-state index contributed by atoms with van der Waals surface area (Å²) in [6, 6.07) is 0. The molecule has 1 saturated carbocycles. The summed E-state index contributed by atoms with van der Waals surface area (Å²) in [5.41, 5.74) is 2.58. The summed E-state index contributed by atoms with van der Waals surface area (Å²) in [5, 5.41) is 1.98. The molecule has 0 saturated heterocycles. The molecule has 0 aliphatic heterocycles. The van der Waals surface area contributed by atoms with Gasteiger partial charge in [0.2, 0.25) is 0 Å². The van der Waals surface area contributed by atoms with Gasteiger partial charge in [0.15, 0.2) is 0 Å². The molecule has 1 aromatic heterocycles. The molecule has 1 aliphatic carbocycles. The highest BCUT2D eigenvalue weighted by Crippen LogP contribution is 2.49. The number of nitrogens with zero attached hydrogens (tertiary/aromatic N) is 2. The van der Waals surface area contributed by atoms with Gasteiger partial charge in [0.1, 0.15) is 5.69 Å². The smallest absolute Gasteiger partial charge is 0.275 e. The highest BCUT2D eigenvalue weighted by molar-refractivity contribution is 7.07. The fraction of sp³-hybridized carbons (Fsp3) is 0.429. The van der Waals surface area contributed by atoms with E-state index >= 15 is 0 Å². The van der Waals surface area contributed by atoms with Gasteiger partial charge in [-0.15, -0.1) is 11.3 Å². The Morgan fingerprint density at radius 2 is 2.50 bits per heavy atom. The van der Waals surface area contributed by atoms with Gasteiger partial charge in [0, 0.05) is 18.2 Å². The van der Waals surface area contributed by atoms with E-state index in [1.54, 1.807) is 16.8 Å². The molecule has 0 atom stereocenters. The van der Waals surface area contributed by atoms with Gasteiger partial charge in [-0.05, 0) is 0 Å². The Morgan fingerprint density at radius 3 is 2.90 bits per heavy atom. The van der Waals surface area contributed by atoms with E-state index < -0.39 is 0 Å². The van der Waals surface area contributed by atoms with Gasteiger partial charge in [-0.25, -0.2) is 11.6 Å². The molecule has 2 rings (SSSR count). The molecule has 50 valence electrons. The van der Waals surface area contributed by atoms with Crippen LogP contribution >= 0.6 is 11.3 Å².